The average Bonchev–Trinajstić information content (AvgIpc) is 2.02. The molecule has 1 atom stereocenters. The maximum atomic E-state index is 9.78. The van der Waals surface area contributed by atoms with Crippen molar-refractivity contribution in [3.63, 3.8) is 0 Å². The van der Waals surface area contributed by atoms with E-state index in [2.05, 4.69) is 18.8 Å². The third-order valence-corrected chi connectivity index (χ3v) is 1.89. The minimum Gasteiger partial charge on any atom is -0.378 e. The lowest BCUT2D eigenvalue weighted by Crippen LogP contribution is -2.24. The molecule has 64 valence electrons. The number of rotatable bonds is 4. The van der Waals surface area contributed by atoms with E-state index in [1.165, 1.54) is 0 Å². The molecule has 0 aliphatic heterocycles. The Morgan fingerprint density at radius 3 is 2.36 bits per heavy atom. The van der Waals surface area contributed by atoms with Gasteiger partial charge in [-0.05, 0) is 26.2 Å². The molecule has 0 radical (unpaired) electrons. The van der Waals surface area contributed by atoms with E-state index in [1.54, 1.807) is 6.92 Å². The lowest BCUT2D eigenvalue weighted by atomic mass is 9.95. The minimum absolute atomic E-state index is 0.717. The van der Waals surface area contributed by atoms with Gasteiger partial charge >= 0.3 is 0 Å². The molecule has 1 N–H and O–H groups in total. The molecule has 0 saturated heterocycles. The van der Waals surface area contributed by atoms with Crippen LogP contribution in [0.3, 0.4) is 0 Å². The van der Waals surface area contributed by atoms with Crippen molar-refractivity contribution in [2.45, 2.75) is 52.1 Å². The highest BCUT2D eigenvalue weighted by molar-refractivity contribution is 5.11. The van der Waals surface area contributed by atoms with Gasteiger partial charge in [-0.25, -0.2) is 0 Å². The van der Waals surface area contributed by atoms with Crippen LogP contribution in [0.4, 0.5) is 0 Å². The summed E-state index contributed by atoms with van der Waals surface area (Å²) >= 11 is 0. The van der Waals surface area contributed by atoms with Crippen LogP contribution in [0.2, 0.25) is 0 Å². The van der Waals surface area contributed by atoms with E-state index < -0.39 is 5.60 Å². The van der Waals surface area contributed by atoms with E-state index in [0.29, 0.717) is 0 Å². The quantitative estimate of drug-likeness (QED) is 0.616. The smallest absolute Gasteiger partial charge is 0.125 e. The third-order valence-electron chi connectivity index (χ3n) is 1.89. The van der Waals surface area contributed by atoms with Gasteiger partial charge in [-0.1, -0.05) is 26.2 Å². The van der Waals surface area contributed by atoms with Gasteiger partial charge in [-0.15, -0.1) is 5.92 Å². The van der Waals surface area contributed by atoms with Crippen LogP contribution in [-0.4, -0.2) is 10.7 Å². The zero-order valence-electron chi connectivity index (χ0n) is 7.78. The third kappa shape index (κ3) is 4.06. The summed E-state index contributed by atoms with van der Waals surface area (Å²) in [6.45, 7) is 5.86. The maximum Gasteiger partial charge on any atom is 0.125 e. The van der Waals surface area contributed by atoms with E-state index in [0.717, 1.165) is 25.7 Å². The van der Waals surface area contributed by atoms with Gasteiger partial charge in [-0.2, -0.15) is 0 Å². The first-order chi connectivity index (χ1) is 5.18. The molecule has 0 aliphatic carbocycles. The molecule has 0 rings (SSSR count). The highest BCUT2D eigenvalue weighted by atomic mass is 16.3. The van der Waals surface area contributed by atoms with Crippen molar-refractivity contribution >= 4 is 0 Å². The summed E-state index contributed by atoms with van der Waals surface area (Å²) in [7, 11) is 0. The maximum absolute atomic E-state index is 9.78. The highest BCUT2D eigenvalue weighted by Crippen LogP contribution is 2.16. The molecule has 0 spiro atoms. The Kier molecular flexibility index (Phi) is 4.98. The lowest BCUT2D eigenvalue weighted by molar-refractivity contribution is 0.0851. The van der Waals surface area contributed by atoms with Crippen LogP contribution >= 0.6 is 0 Å². The van der Waals surface area contributed by atoms with Crippen molar-refractivity contribution in [2.75, 3.05) is 0 Å². The normalized spacial score (nSPS) is 14.9. The van der Waals surface area contributed by atoms with Crippen LogP contribution in [0.25, 0.3) is 0 Å². The van der Waals surface area contributed by atoms with Gasteiger partial charge < -0.3 is 5.11 Å². The van der Waals surface area contributed by atoms with E-state index in [9.17, 15) is 5.11 Å². The standard InChI is InChI=1S/C10H18O/c1-4-7-9-10(11,6-3)8-5-2/h11H,4,6-7,9H2,1-3H3. The molecule has 0 aliphatic rings. The monoisotopic (exact) mass is 154 g/mol. The average molecular weight is 154 g/mol. The van der Waals surface area contributed by atoms with Crippen molar-refractivity contribution in [1.82, 2.24) is 0 Å². The van der Waals surface area contributed by atoms with Crippen molar-refractivity contribution in [3.8, 4) is 11.8 Å². The highest BCUT2D eigenvalue weighted by Gasteiger charge is 2.19. The van der Waals surface area contributed by atoms with Crippen LogP contribution < -0.4 is 0 Å². The van der Waals surface area contributed by atoms with Gasteiger partial charge in [0.05, 0.1) is 0 Å². The van der Waals surface area contributed by atoms with Crippen LogP contribution in [0.5, 0.6) is 0 Å². The van der Waals surface area contributed by atoms with Crippen molar-refractivity contribution in [1.29, 1.82) is 0 Å². The fourth-order valence-electron chi connectivity index (χ4n) is 1.03. The molecule has 0 fully saturated rings. The molecule has 11 heavy (non-hydrogen) atoms. The molecule has 0 amide bonds. The molecule has 0 aromatic heterocycles. The van der Waals surface area contributed by atoms with Gasteiger partial charge in [0.25, 0.3) is 0 Å². The summed E-state index contributed by atoms with van der Waals surface area (Å²) in [5.41, 5.74) is -0.717. The molecular weight excluding hydrogens is 136 g/mol. The summed E-state index contributed by atoms with van der Waals surface area (Å²) in [4.78, 5) is 0. The van der Waals surface area contributed by atoms with E-state index in [4.69, 9.17) is 0 Å². The molecule has 0 aromatic rings. The van der Waals surface area contributed by atoms with Crippen LogP contribution in [0, 0.1) is 11.8 Å². The summed E-state index contributed by atoms with van der Waals surface area (Å²) in [5, 5.41) is 9.78. The summed E-state index contributed by atoms with van der Waals surface area (Å²) < 4.78 is 0. The molecule has 0 heterocycles. The molecule has 0 bridgehead atoms. The van der Waals surface area contributed by atoms with Crippen LogP contribution in [0.1, 0.15) is 46.5 Å². The number of hydrogen-bond acceptors (Lipinski definition) is 1. The Labute approximate surface area is 69.8 Å². The van der Waals surface area contributed by atoms with E-state index >= 15 is 0 Å². The van der Waals surface area contributed by atoms with Gasteiger partial charge in [0.1, 0.15) is 5.60 Å². The Balaban J connectivity index is 3.95. The lowest BCUT2D eigenvalue weighted by Gasteiger charge is -2.19. The van der Waals surface area contributed by atoms with E-state index in [1.807, 2.05) is 6.92 Å². The predicted molar refractivity (Wildman–Crippen MR) is 48.2 cm³/mol. The summed E-state index contributed by atoms with van der Waals surface area (Å²) in [6, 6.07) is 0. The second-order valence-corrected chi connectivity index (χ2v) is 2.86. The molecular formula is C10H18O. The van der Waals surface area contributed by atoms with Gasteiger partial charge in [0.2, 0.25) is 0 Å². The molecule has 1 unspecified atom stereocenters. The van der Waals surface area contributed by atoms with Crippen LogP contribution in [0.15, 0.2) is 0 Å². The van der Waals surface area contributed by atoms with E-state index in [-0.39, 0.29) is 0 Å². The first-order valence-electron chi connectivity index (χ1n) is 4.34. The Hall–Kier alpha value is -0.480. The SMILES string of the molecule is CC#CC(O)(CC)CCCC. The second-order valence-electron chi connectivity index (χ2n) is 2.86. The topological polar surface area (TPSA) is 20.2 Å². The first-order valence-corrected chi connectivity index (χ1v) is 4.34. The Bertz CT molecular complexity index is 152. The first kappa shape index (κ1) is 10.5. The fourth-order valence-corrected chi connectivity index (χ4v) is 1.03. The van der Waals surface area contributed by atoms with Crippen molar-refractivity contribution in [2.24, 2.45) is 0 Å². The van der Waals surface area contributed by atoms with Crippen LogP contribution in [-0.2, 0) is 0 Å². The molecule has 0 aromatic carbocycles. The summed E-state index contributed by atoms with van der Waals surface area (Å²) in [5.74, 6) is 5.62. The van der Waals surface area contributed by atoms with Gasteiger partial charge in [-0.3, -0.25) is 0 Å². The van der Waals surface area contributed by atoms with Gasteiger partial charge in [0.15, 0.2) is 0 Å². The Morgan fingerprint density at radius 1 is 1.36 bits per heavy atom. The number of hydrogen-bond donors (Lipinski definition) is 1. The largest absolute Gasteiger partial charge is 0.378 e. The minimum atomic E-state index is -0.717. The second kappa shape index (κ2) is 5.21. The summed E-state index contributed by atoms with van der Waals surface area (Å²) in [6.07, 6.45) is 3.71. The number of aliphatic hydroxyl groups is 1. The molecule has 1 nitrogen and oxygen atoms in total. The zero-order chi connectivity index (χ0) is 8.74. The van der Waals surface area contributed by atoms with Crippen molar-refractivity contribution < 1.29 is 5.11 Å². The molecule has 0 saturated carbocycles. The van der Waals surface area contributed by atoms with Gasteiger partial charge in [0, 0.05) is 0 Å². The Morgan fingerprint density at radius 2 is 2.00 bits per heavy atom. The fraction of sp³-hybridized carbons (Fsp3) is 0.800. The van der Waals surface area contributed by atoms with Crippen molar-refractivity contribution in [3.05, 3.63) is 0 Å². The number of unbranched alkanes of at least 4 members (excludes halogenated alkanes) is 1. The zero-order valence-corrected chi connectivity index (χ0v) is 7.78. The molecule has 1 heteroatoms. The predicted octanol–water partition coefficient (Wildman–Crippen LogP) is 2.34.